The van der Waals surface area contributed by atoms with Crippen molar-refractivity contribution in [2.24, 2.45) is 0 Å². The van der Waals surface area contributed by atoms with E-state index in [1.165, 1.54) is 27.8 Å². The summed E-state index contributed by atoms with van der Waals surface area (Å²) in [4.78, 5) is 4.50. The number of rotatable bonds is 3. The molecular weight excluding hydrogens is 290 g/mol. The third-order valence-corrected chi connectivity index (χ3v) is 4.44. The van der Waals surface area contributed by atoms with Gasteiger partial charge in [0.1, 0.15) is 0 Å². The van der Waals surface area contributed by atoms with Crippen LogP contribution in [0, 0.1) is 13.8 Å². The van der Waals surface area contributed by atoms with Gasteiger partial charge in [0.25, 0.3) is 0 Å². The summed E-state index contributed by atoms with van der Waals surface area (Å²) in [5, 5.41) is 0. The molecule has 0 spiro atoms. The molecule has 110 valence electrons. The van der Waals surface area contributed by atoms with E-state index < -0.39 is 0 Å². The summed E-state index contributed by atoms with van der Waals surface area (Å²) in [5.74, 6) is 0.510. The number of halogens is 1. The van der Waals surface area contributed by atoms with Gasteiger partial charge in [-0.25, -0.2) is 0 Å². The summed E-state index contributed by atoms with van der Waals surface area (Å²) in [6.07, 6.45) is 1.83. The largest absolute Gasteiger partial charge is 0.256 e. The monoisotopic (exact) mass is 307 g/mol. The molecule has 1 nitrogen and oxygen atoms in total. The van der Waals surface area contributed by atoms with E-state index in [9.17, 15) is 0 Å². The van der Waals surface area contributed by atoms with Gasteiger partial charge >= 0.3 is 0 Å². The smallest absolute Gasteiger partial charge is 0.0707 e. The molecule has 1 aromatic heterocycles. The number of hydrogen-bond acceptors (Lipinski definition) is 1. The number of benzene rings is 2. The highest BCUT2D eigenvalue weighted by atomic mass is 35.5. The molecule has 22 heavy (non-hydrogen) atoms. The Balaban J connectivity index is 2.10. The van der Waals surface area contributed by atoms with Crippen LogP contribution in [0.2, 0.25) is 0 Å². The Labute approximate surface area is 136 Å². The molecule has 0 atom stereocenters. The molecule has 0 aliphatic heterocycles. The Bertz CT molecular complexity index is 794. The average Bonchev–Trinajstić information content (AvgIpc) is 2.58. The van der Waals surface area contributed by atoms with Gasteiger partial charge in [0, 0.05) is 17.6 Å². The van der Waals surface area contributed by atoms with Gasteiger partial charge in [0.2, 0.25) is 0 Å². The molecule has 0 fully saturated rings. The fraction of sp³-hybridized carbons (Fsp3) is 0.150. The first-order valence-corrected chi connectivity index (χ1v) is 7.91. The molecule has 0 N–H and O–H groups in total. The van der Waals surface area contributed by atoms with Gasteiger partial charge in [0.15, 0.2) is 0 Å². The van der Waals surface area contributed by atoms with Gasteiger partial charge in [-0.3, -0.25) is 4.98 Å². The Kier molecular flexibility index (Phi) is 4.26. The van der Waals surface area contributed by atoms with E-state index in [4.69, 9.17) is 11.6 Å². The molecule has 1 heterocycles. The zero-order chi connectivity index (χ0) is 15.5. The number of aromatic nitrogens is 1. The van der Waals surface area contributed by atoms with E-state index in [2.05, 4.69) is 61.3 Å². The quantitative estimate of drug-likeness (QED) is 0.560. The molecule has 3 rings (SSSR count). The number of nitrogens with zero attached hydrogens (tertiary/aromatic N) is 1. The van der Waals surface area contributed by atoms with Gasteiger partial charge in [-0.05, 0) is 53.8 Å². The fourth-order valence-electron chi connectivity index (χ4n) is 2.73. The van der Waals surface area contributed by atoms with Crippen molar-refractivity contribution < 1.29 is 0 Å². The number of hydrogen-bond donors (Lipinski definition) is 0. The van der Waals surface area contributed by atoms with Crippen molar-refractivity contribution in [2.45, 2.75) is 19.7 Å². The lowest BCUT2D eigenvalue weighted by molar-refractivity contribution is 1.24. The minimum atomic E-state index is 0.510. The van der Waals surface area contributed by atoms with Crippen molar-refractivity contribution >= 4 is 11.6 Å². The van der Waals surface area contributed by atoms with E-state index in [1.54, 1.807) is 0 Å². The zero-order valence-electron chi connectivity index (χ0n) is 12.8. The molecule has 0 aliphatic rings. The second kappa shape index (κ2) is 6.33. The lowest BCUT2D eigenvalue weighted by Gasteiger charge is -2.14. The van der Waals surface area contributed by atoms with Crippen molar-refractivity contribution in [3.8, 4) is 22.4 Å². The highest BCUT2D eigenvalue weighted by molar-refractivity contribution is 6.17. The van der Waals surface area contributed by atoms with Crippen LogP contribution >= 0.6 is 11.6 Å². The van der Waals surface area contributed by atoms with Crippen molar-refractivity contribution in [2.75, 3.05) is 0 Å². The zero-order valence-corrected chi connectivity index (χ0v) is 13.6. The summed E-state index contributed by atoms with van der Waals surface area (Å²) < 4.78 is 0. The summed E-state index contributed by atoms with van der Waals surface area (Å²) in [6, 6.07) is 18.8. The second-order valence-electron chi connectivity index (χ2n) is 5.46. The lowest BCUT2D eigenvalue weighted by Crippen LogP contribution is -1.94. The van der Waals surface area contributed by atoms with Crippen LogP contribution in [0.3, 0.4) is 0 Å². The fourth-order valence-corrected chi connectivity index (χ4v) is 2.90. The second-order valence-corrected chi connectivity index (χ2v) is 5.73. The summed E-state index contributed by atoms with van der Waals surface area (Å²) in [6.45, 7) is 4.33. The molecule has 0 unspecified atom stereocenters. The van der Waals surface area contributed by atoms with Gasteiger partial charge in [-0.15, -0.1) is 11.6 Å². The Morgan fingerprint density at radius 1 is 0.864 bits per heavy atom. The minimum absolute atomic E-state index is 0.510. The Hall–Kier alpha value is -2.12. The first-order chi connectivity index (χ1) is 10.7. The van der Waals surface area contributed by atoms with Crippen LogP contribution in [0.5, 0.6) is 0 Å². The van der Waals surface area contributed by atoms with Gasteiger partial charge in [-0.2, -0.15) is 0 Å². The van der Waals surface area contributed by atoms with Crippen molar-refractivity contribution in [3.63, 3.8) is 0 Å². The molecule has 2 heteroatoms. The van der Waals surface area contributed by atoms with Crippen LogP contribution in [-0.2, 0) is 5.88 Å². The van der Waals surface area contributed by atoms with E-state index in [0.29, 0.717) is 5.88 Å². The molecular formula is C20H18ClN. The maximum Gasteiger partial charge on any atom is 0.0707 e. The minimum Gasteiger partial charge on any atom is -0.256 e. The predicted molar refractivity (Wildman–Crippen MR) is 94.1 cm³/mol. The van der Waals surface area contributed by atoms with E-state index in [1.807, 2.05) is 18.3 Å². The lowest BCUT2D eigenvalue weighted by atomic mass is 9.92. The normalized spacial score (nSPS) is 10.7. The Morgan fingerprint density at radius 2 is 1.55 bits per heavy atom. The molecule has 0 saturated carbocycles. The van der Waals surface area contributed by atoms with Crippen molar-refractivity contribution in [3.05, 3.63) is 77.5 Å². The predicted octanol–water partition coefficient (Wildman–Crippen LogP) is 5.77. The van der Waals surface area contributed by atoms with Crippen molar-refractivity contribution in [1.29, 1.82) is 0 Å². The Morgan fingerprint density at radius 3 is 2.27 bits per heavy atom. The summed E-state index contributed by atoms with van der Waals surface area (Å²) in [5.41, 5.74) is 8.33. The molecule has 0 amide bonds. The molecule has 0 radical (unpaired) electrons. The number of alkyl halides is 1. The first-order valence-electron chi connectivity index (χ1n) is 7.37. The van der Waals surface area contributed by atoms with E-state index in [-0.39, 0.29) is 0 Å². The number of pyridine rings is 1. The highest BCUT2D eigenvalue weighted by Crippen LogP contribution is 2.32. The van der Waals surface area contributed by atoms with Crippen LogP contribution < -0.4 is 0 Å². The SMILES string of the molecule is Cc1c(-c2ccccc2)ccc(-c2cc(CCl)ccn2)c1C. The molecule has 2 aromatic carbocycles. The van der Waals surface area contributed by atoms with Gasteiger partial charge in [0.05, 0.1) is 5.69 Å². The maximum absolute atomic E-state index is 5.93. The van der Waals surface area contributed by atoms with Gasteiger partial charge < -0.3 is 0 Å². The maximum atomic E-state index is 5.93. The van der Waals surface area contributed by atoms with Crippen LogP contribution in [0.25, 0.3) is 22.4 Å². The van der Waals surface area contributed by atoms with Crippen LogP contribution in [0.1, 0.15) is 16.7 Å². The molecule has 0 bridgehead atoms. The van der Waals surface area contributed by atoms with Crippen molar-refractivity contribution in [1.82, 2.24) is 4.98 Å². The first kappa shape index (κ1) is 14.8. The molecule has 0 aliphatic carbocycles. The highest BCUT2D eigenvalue weighted by Gasteiger charge is 2.10. The van der Waals surface area contributed by atoms with E-state index >= 15 is 0 Å². The van der Waals surface area contributed by atoms with Crippen LogP contribution in [0.4, 0.5) is 0 Å². The van der Waals surface area contributed by atoms with Crippen LogP contribution in [-0.4, -0.2) is 4.98 Å². The summed E-state index contributed by atoms with van der Waals surface area (Å²) >= 11 is 5.93. The standard InChI is InChI=1S/C20H18ClN/c1-14-15(2)19(20-12-16(13-21)10-11-22-20)9-8-18(14)17-6-4-3-5-7-17/h3-12H,13H2,1-2H3. The average molecular weight is 308 g/mol. The third kappa shape index (κ3) is 2.77. The summed E-state index contributed by atoms with van der Waals surface area (Å²) in [7, 11) is 0. The molecule has 3 aromatic rings. The van der Waals surface area contributed by atoms with E-state index in [0.717, 1.165) is 11.3 Å². The molecule has 0 saturated heterocycles. The third-order valence-electron chi connectivity index (χ3n) is 4.13. The van der Waals surface area contributed by atoms with Crippen LogP contribution in [0.15, 0.2) is 60.8 Å². The topological polar surface area (TPSA) is 12.9 Å². The van der Waals surface area contributed by atoms with Gasteiger partial charge in [-0.1, -0.05) is 42.5 Å².